The lowest BCUT2D eigenvalue weighted by molar-refractivity contribution is -0.0504. The average Bonchev–Trinajstić information content (AvgIpc) is 3.01. The molecular formula is C28H12F12O12S4. The Morgan fingerprint density at radius 2 is 0.446 bits per heavy atom. The van der Waals surface area contributed by atoms with E-state index in [0.717, 1.165) is 24.3 Å². The Labute approximate surface area is 302 Å². The molecule has 0 aliphatic heterocycles. The van der Waals surface area contributed by atoms with E-state index in [1.54, 1.807) is 0 Å². The van der Waals surface area contributed by atoms with Crippen LogP contribution in [0.4, 0.5) is 52.7 Å². The summed E-state index contributed by atoms with van der Waals surface area (Å²) in [6.45, 7) is 0. The molecule has 0 bridgehead atoms. The molecule has 1 aliphatic rings. The highest BCUT2D eigenvalue weighted by molar-refractivity contribution is 7.88. The lowest BCUT2D eigenvalue weighted by Crippen LogP contribution is -2.28. The number of halogens is 12. The van der Waals surface area contributed by atoms with E-state index in [0.29, 0.717) is 48.5 Å². The molecule has 304 valence electrons. The van der Waals surface area contributed by atoms with E-state index in [9.17, 15) is 86.4 Å². The summed E-state index contributed by atoms with van der Waals surface area (Å²) in [6.07, 6.45) is 0. The molecule has 1 aliphatic carbocycles. The van der Waals surface area contributed by atoms with Crippen molar-refractivity contribution in [3.8, 4) is 23.0 Å². The van der Waals surface area contributed by atoms with Gasteiger partial charge in [-0.15, -0.1) is 0 Å². The molecule has 0 unspecified atom stereocenters. The third kappa shape index (κ3) is 7.99. The molecule has 56 heavy (non-hydrogen) atoms. The van der Waals surface area contributed by atoms with Gasteiger partial charge in [-0.05, 0) is 115 Å². The number of hydrogen-bond donors (Lipinski definition) is 0. The summed E-state index contributed by atoms with van der Waals surface area (Å²) in [5, 5.41) is -3.86. The van der Waals surface area contributed by atoms with Gasteiger partial charge >= 0.3 is 62.5 Å². The van der Waals surface area contributed by atoms with Crippen molar-refractivity contribution in [2.75, 3.05) is 0 Å². The molecule has 0 saturated heterocycles. The molecule has 0 saturated carbocycles. The van der Waals surface area contributed by atoms with Gasteiger partial charge < -0.3 is 16.7 Å². The van der Waals surface area contributed by atoms with Gasteiger partial charge in [0.1, 0.15) is 23.0 Å². The predicted molar refractivity (Wildman–Crippen MR) is 159 cm³/mol. The van der Waals surface area contributed by atoms with E-state index >= 15 is 0 Å². The topological polar surface area (TPSA) is 173 Å². The van der Waals surface area contributed by atoms with Crippen LogP contribution < -0.4 is 16.7 Å². The van der Waals surface area contributed by atoms with Gasteiger partial charge in [-0.2, -0.15) is 86.4 Å². The molecule has 28 heteroatoms. The smallest absolute Gasteiger partial charge is 0.376 e. The second-order valence-electron chi connectivity index (χ2n) is 10.8. The van der Waals surface area contributed by atoms with Gasteiger partial charge in [-0.1, -0.05) is 0 Å². The summed E-state index contributed by atoms with van der Waals surface area (Å²) >= 11 is 0. The van der Waals surface area contributed by atoms with Gasteiger partial charge in [-0.3, -0.25) is 0 Å². The number of rotatable bonds is 8. The molecule has 12 nitrogen and oxygen atoms in total. The number of alkyl halides is 12. The minimum Gasteiger partial charge on any atom is -0.376 e. The first-order valence-electron chi connectivity index (χ1n) is 13.9. The summed E-state index contributed by atoms with van der Waals surface area (Å²) in [5.41, 5.74) is -24.1. The molecule has 0 N–H and O–H groups in total. The van der Waals surface area contributed by atoms with E-state index in [-0.39, 0.29) is 0 Å². The Balaban J connectivity index is 2.08. The highest BCUT2D eigenvalue weighted by Gasteiger charge is 2.51. The maximum atomic E-state index is 13.2. The van der Waals surface area contributed by atoms with Gasteiger partial charge in [-0.25, -0.2) is 0 Å². The zero-order valence-corrected chi connectivity index (χ0v) is 29.3. The largest absolute Gasteiger partial charge is 0.534 e. The Morgan fingerprint density at radius 1 is 0.286 bits per heavy atom. The fraction of sp³-hybridized carbons (Fsp3) is 0.143. The van der Waals surface area contributed by atoms with Crippen molar-refractivity contribution in [1.82, 2.24) is 0 Å². The van der Waals surface area contributed by atoms with Gasteiger partial charge in [0, 0.05) is 0 Å². The Morgan fingerprint density at radius 3 is 0.589 bits per heavy atom. The van der Waals surface area contributed by atoms with Gasteiger partial charge in [0.2, 0.25) is 0 Å². The molecule has 0 aromatic heterocycles. The van der Waals surface area contributed by atoms with Crippen LogP contribution in [0.15, 0.2) is 72.8 Å². The van der Waals surface area contributed by atoms with Gasteiger partial charge in [0.05, 0.1) is 0 Å². The third-order valence-corrected chi connectivity index (χ3v) is 11.0. The van der Waals surface area contributed by atoms with E-state index in [4.69, 9.17) is 0 Å². The van der Waals surface area contributed by atoms with E-state index in [2.05, 4.69) is 16.7 Å². The van der Waals surface area contributed by atoms with Crippen LogP contribution in [0.25, 0.3) is 0 Å². The summed E-state index contributed by atoms with van der Waals surface area (Å²) in [4.78, 5) is 0. The average molecular weight is 897 g/mol. The maximum absolute atomic E-state index is 13.2. The summed E-state index contributed by atoms with van der Waals surface area (Å²) in [6, 6.07) is 7.34. The SMILES string of the molecule is O=S(=O)(Oc1ccc2/c(c1)=c1/cc(OS(=O)(=O)C(F)(F)F)cc/c1=c1\ccc(OS(=O)(=O)C(F)(F)F)c\c1=c1/cc(OS(=O)(=O)C(F)(F)F)cc/c1=2)C(F)(F)F. The van der Waals surface area contributed by atoms with Crippen molar-refractivity contribution >= 4 is 40.5 Å². The van der Waals surface area contributed by atoms with Crippen LogP contribution in [0.1, 0.15) is 0 Å². The third-order valence-electron chi connectivity index (χ3n) is 7.08. The molecular weight excluding hydrogens is 885 g/mol. The minimum absolute atomic E-state index is 0.404. The van der Waals surface area contributed by atoms with Crippen LogP contribution in [0.2, 0.25) is 0 Å². The van der Waals surface area contributed by atoms with Crippen LogP contribution >= 0.6 is 0 Å². The zero-order valence-electron chi connectivity index (χ0n) is 26.0. The van der Waals surface area contributed by atoms with Crippen molar-refractivity contribution < 1.29 is 103 Å². The molecule has 0 atom stereocenters. The van der Waals surface area contributed by atoms with Crippen LogP contribution in [0, 0.1) is 41.7 Å². The van der Waals surface area contributed by atoms with Crippen LogP contribution in [-0.4, -0.2) is 55.7 Å². The van der Waals surface area contributed by atoms with Crippen LogP contribution in [0.5, 0.6) is 23.0 Å². The highest BCUT2D eigenvalue weighted by atomic mass is 32.2. The Kier molecular flexibility index (Phi) is 10.0. The number of fused-ring (bicyclic) bond motifs is 4. The normalized spacial score (nSPS) is 16.5. The van der Waals surface area contributed by atoms with Gasteiger partial charge in [0.25, 0.3) is 0 Å². The van der Waals surface area contributed by atoms with E-state index in [1.165, 1.54) is 0 Å². The maximum Gasteiger partial charge on any atom is 0.534 e. The van der Waals surface area contributed by atoms with Crippen LogP contribution in [0.3, 0.4) is 0 Å². The first-order chi connectivity index (χ1) is 25.2. The Bertz CT molecular complexity index is 2730. The van der Waals surface area contributed by atoms with Crippen LogP contribution in [-0.2, 0) is 40.5 Å². The lowest BCUT2D eigenvalue weighted by atomic mass is 10.0. The number of hydrogen-bond acceptors (Lipinski definition) is 12. The minimum atomic E-state index is -6.43. The lowest BCUT2D eigenvalue weighted by Gasteiger charge is -2.12. The van der Waals surface area contributed by atoms with Crippen molar-refractivity contribution in [2.45, 2.75) is 22.0 Å². The fourth-order valence-corrected chi connectivity index (χ4v) is 6.63. The number of benzene rings is 4. The summed E-state index contributed by atoms with van der Waals surface area (Å²) in [7, 11) is -25.7. The van der Waals surface area contributed by atoms with Gasteiger partial charge in [0.15, 0.2) is 0 Å². The Hall–Kier alpha value is -4.96. The second-order valence-corrected chi connectivity index (χ2v) is 16.9. The van der Waals surface area contributed by atoms with E-state index < -0.39 is 127 Å². The molecule has 5 rings (SSSR count). The molecule has 4 aromatic carbocycles. The predicted octanol–water partition coefficient (Wildman–Crippen LogP) is 6.06. The standard InChI is InChI=1S/C28H12F12O12S4/c29-25(30,31)53(41,42)49-13-1-5-17-18-6-2-14(50-54(43,44)26(32,33)34)10-22(18)24-12-16(52-56(47,48)28(38,39)40)4-8-20(24)19-7-3-15(11-23(19)21(17)9-13)51-55(45,46)27(35,36)37/h1-12H/b18-17-,20-19-,23-21-,24-22-. The summed E-state index contributed by atoms with van der Waals surface area (Å²) in [5.74, 6) is -4.61. The second kappa shape index (κ2) is 13.3. The first kappa shape index (κ1) is 42.2. The monoisotopic (exact) mass is 896 g/mol. The molecule has 0 heterocycles. The first-order valence-corrected chi connectivity index (χ1v) is 19.5. The molecule has 0 spiro atoms. The van der Waals surface area contributed by atoms with Crippen molar-refractivity contribution in [3.05, 3.63) is 115 Å². The van der Waals surface area contributed by atoms with E-state index in [1.807, 2.05) is 0 Å². The molecule has 0 amide bonds. The quantitative estimate of drug-likeness (QED) is 0.100. The van der Waals surface area contributed by atoms with Crippen molar-refractivity contribution in [2.24, 2.45) is 0 Å². The fourth-order valence-electron chi connectivity index (χ4n) is 4.83. The highest BCUT2D eigenvalue weighted by Crippen LogP contribution is 2.33. The molecule has 4 aromatic rings. The zero-order chi connectivity index (χ0) is 42.2. The molecule has 0 radical (unpaired) electrons. The van der Waals surface area contributed by atoms with Crippen molar-refractivity contribution in [1.29, 1.82) is 0 Å². The summed E-state index contributed by atoms with van der Waals surface area (Å²) < 4.78 is 270. The molecule has 0 fully saturated rings. The van der Waals surface area contributed by atoms with Crippen molar-refractivity contribution in [3.63, 3.8) is 0 Å².